The molecule has 0 unspecified atom stereocenters. The predicted molar refractivity (Wildman–Crippen MR) is 85.2 cm³/mol. The lowest BCUT2D eigenvalue weighted by Gasteiger charge is -2.07. The molecule has 3 rings (SSSR count). The van der Waals surface area contributed by atoms with E-state index in [9.17, 15) is 0 Å². The standard InChI is InChI=1S/C17H14ClN3/c1-11-10-12(2)20-17(19-11)16-9-5-8-15(21-16)13-6-3-4-7-14(13)18/h3-10H,1-2H3. The summed E-state index contributed by atoms with van der Waals surface area (Å²) in [5, 5.41) is 0.684. The third kappa shape index (κ3) is 2.93. The molecular formula is C17H14ClN3. The Kier molecular flexibility index (Phi) is 3.67. The zero-order valence-electron chi connectivity index (χ0n) is 11.8. The average molecular weight is 296 g/mol. The Morgan fingerprint density at radius 1 is 0.762 bits per heavy atom. The van der Waals surface area contributed by atoms with Crippen molar-refractivity contribution < 1.29 is 0 Å². The van der Waals surface area contributed by atoms with E-state index in [1.165, 1.54) is 0 Å². The van der Waals surface area contributed by atoms with Gasteiger partial charge in [0.25, 0.3) is 0 Å². The zero-order valence-corrected chi connectivity index (χ0v) is 12.6. The average Bonchev–Trinajstić information content (AvgIpc) is 2.47. The highest BCUT2D eigenvalue weighted by Gasteiger charge is 2.08. The summed E-state index contributed by atoms with van der Waals surface area (Å²) >= 11 is 6.24. The number of hydrogen-bond donors (Lipinski definition) is 0. The Bertz CT molecular complexity index is 779. The summed E-state index contributed by atoms with van der Waals surface area (Å²) in [5.74, 6) is 0.640. The second-order valence-electron chi connectivity index (χ2n) is 4.86. The van der Waals surface area contributed by atoms with Crippen LogP contribution in [0.4, 0.5) is 0 Å². The fourth-order valence-electron chi connectivity index (χ4n) is 2.22. The lowest BCUT2D eigenvalue weighted by molar-refractivity contribution is 1.05. The molecule has 2 aromatic heterocycles. The molecule has 0 radical (unpaired) electrons. The molecule has 0 aliphatic carbocycles. The van der Waals surface area contributed by atoms with Gasteiger partial charge in [0.2, 0.25) is 0 Å². The third-order valence-corrected chi connectivity index (χ3v) is 3.44. The third-order valence-electron chi connectivity index (χ3n) is 3.11. The number of nitrogens with zero attached hydrogens (tertiary/aromatic N) is 3. The fourth-order valence-corrected chi connectivity index (χ4v) is 2.45. The van der Waals surface area contributed by atoms with Crippen molar-refractivity contribution >= 4 is 11.6 Å². The maximum Gasteiger partial charge on any atom is 0.178 e. The van der Waals surface area contributed by atoms with Crippen molar-refractivity contribution in [2.24, 2.45) is 0 Å². The first-order valence-electron chi connectivity index (χ1n) is 6.68. The molecule has 0 bridgehead atoms. The minimum Gasteiger partial charge on any atom is -0.244 e. The first kappa shape index (κ1) is 13.7. The van der Waals surface area contributed by atoms with Gasteiger partial charge in [-0.3, -0.25) is 0 Å². The molecule has 0 saturated heterocycles. The van der Waals surface area contributed by atoms with Gasteiger partial charge >= 0.3 is 0 Å². The molecule has 1 aromatic carbocycles. The molecule has 21 heavy (non-hydrogen) atoms. The minimum absolute atomic E-state index is 0.640. The number of pyridine rings is 1. The fraction of sp³-hybridized carbons (Fsp3) is 0.118. The maximum absolute atomic E-state index is 6.24. The molecule has 0 saturated carbocycles. The smallest absolute Gasteiger partial charge is 0.178 e. The van der Waals surface area contributed by atoms with Gasteiger partial charge in [-0.2, -0.15) is 0 Å². The summed E-state index contributed by atoms with van der Waals surface area (Å²) in [6.45, 7) is 3.91. The van der Waals surface area contributed by atoms with Crippen LogP contribution in [0.25, 0.3) is 22.8 Å². The second-order valence-corrected chi connectivity index (χ2v) is 5.27. The van der Waals surface area contributed by atoms with Gasteiger partial charge in [0.15, 0.2) is 5.82 Å². The largest absolute Gasteiger partial charge is 0.244 e. The number of aromatic nitrogens is 3. The topological polar surface area (TPSA) is 38.7 Å². The van der Waals surface area contributed by atoms with Crippen LogP contribution in [0.5, 0.6) is 0 Å². The molecule has 3 aromatic rings. The van der Waals surface area contributed by atoms with E-state index < -0.39 is 0 Å². The van der Waals surface area contributed by atoms with Gasteiger partial charge in [-0.15, -0.1) is 0 Å². The van der Waals surface area contributed by atoms with Crippen LogP contribution in [-0.4, -0.2) is 15.0 Å². The van der Waals surface area contributed by atoms with Gasteiger partial charge < -0.3 is 0 Å². The molecule has 0 atom stereocenters. The Morgan fingerprint density at radius 3 is 2.14 bits per heavy atom. The molecular weight excluding hydrogens is 282 g/mol. The highest BCUT2D eigenvalue weighted by Crippen LogP contribution is 2.27. The number of hydrogen-bond acceptors (Lipinski definition) is 3. The van der Waals surface area contributed by atoms with Crippen molar-refractivity contribution in [1.82, 2.24) is 15.0 Å². The molecule has 0 fully saturated rings. The van der Waals surface area contributed by atoms with E-state index in [1.54, 1.807) is 0 Å². The first-order valence-corrected chi connectivity index (χ1v) is 7.06. The van der Waals surface area contributed by atoms with Crippen molar-refractivity contribution in [2.75, 3.05) is 0 Å². The van der Waals surface area contributed by atoms with Crippen molar-refractivity contribution in [1.29, 1.82) is 0 Å². The van der Waals surface area contributed by atoms with E-state index in [1.807, 2.05) is 62.4 Å². The summed E-state index contributed by atoms with van der Waals surface area (Å²) in [6, 6.07) is 15.4. The van der Waals surface area contributed by atoms with Gasteiger partial charge in [0, 0.05) is 22.0 Å². The van der Waals surface area contributed by atoms with Crippen LogP contribution in [0.15, 0.2) is 48.5 Å². The summed E-state index contributed by atoms with van der Waals surface area (Å²) in [7, 11) is 0. The van der Waals surface area contributed by atoms with Crippen molar-refractivity contribution in [3.8, 4) is 22.8 Å². The molecule has 0 spiro atoms. The number of rotatable bonds is 2. The number of aryl methyl sites for hydroxylation is 2. The van der Waals surface area contributed by atoms with Gasteiger partial charge in [-0.1, -0.05) is 35.9 Å². The lowest BCUT2D eigenvalue weighted by atomic mass is 10.1. The monoisotopic (exact) mass is 295 g/mol. The van der Waals surface area contributed by atoms with E-state index in [0.717, 1.165) is 28.3 Å². The first-order chi connectivity index (χ1) is 10.1. The van der Waals surface area contributed by atoms with Gasteiger partial charge in [0.1, 0.15) is 5.69 Å². The summed E-state index contributed by atoms with van der Waals surface area (Å²) < 4.78 is 0. The van der Waals surface area contributed by atoms with E-state index in [4.69, 9.17) is 11.6 Å². The van der Waals surface area contributed by atoms with Crippen LogP contribution in [0, 0.1) is 13.8 Å². The van der Waals surface area contributed by atoms with E-state index in [-0.39, 0.29) is 0 Å². The molecule has 3 nitrogen and oxygen atoms in total. The van der Waals surface area contributed by atoms with Crippen molar-refractivity contribution in [3.63, 3.8) is 0 Å². The molecule has 4 heteroatoms. The summed E-state index contributed by atoms with van der Waals surface area (Å²) in [5.41, 5.74) is 4.34. The van der Waals surface area contributed by atoms with E-state index >= 15 is 0 Å². The predicted octanol–water partition coefficient (Wildman–Crippen LogP) is 4.48. The van der Waals surface area contributed by atoms with Crippen LogP contribution in [0.3, 0.4) is 0 Å². The Labute approximate surface area is 128 Å². The lowest BCUT2D eigenvalue weighted by Crippen LogP contribution is -1.97. The van der Waals surface area contributed by atoms with Crippen LogP contribution < -0.4 is 0 Å². The van der Waals surface area contributed by atoms with Crippen molar-refractivity contribution in [2.45, 2.75) is 13.8 Å². The number of halogens is 1. The molecule has 104 valence electrons. The quantitative estimate of drug-likeness (QED) is 0.700. The molecule has 0 aliphatic rings. The Morgan fingerprint density at radius 2 is 1.43 bits per heavy atom. The maximum atomic E-state index is 6.24. The van der Waals surface area contributed by atoms with Crippen LogP contribution >= 0.6 is 11.6 Å². The van der Waals surface area contributed by atoms with Gasteiger partial charge in [-0.25, -0.2) is 15.0 Å². The highest BCUT2D eigenvalue weighted by atomic mass is 35.5. The van der Waals surface area contributed by atoms with Crippen molar-refractivity contribution in [3.05, 3.63) is 64.9 Å². The molecule has 0 amide bonds. The zero-order chi connectivity index (χ0) is 14.8. The summed E-state index contributed by atoms with van der Waals surface area (Å²) in [6.07, 6.45) is 0. The highest BCUT2D eigenvalue weighted by molar-refractivity contribution is 6.33. The Hall–Kier alpha value is -2.26. The second kappa shape index (κ2) is 5.62. The van der Waals surface area contributed by atoms with Crippen LogP contribution in [0.1, 0.15) is 11.4 Å². The van der Waals surface area contributed by atoms with Crippen LogP contribution in [0.2, 0.25) is 5.02 Å². The number of benzene rings is 1. The summed E-state index contributed by atoms with van der Waals surface area (Å²) in [4.78, 5) is 13.6. The van der Waals surface area contributed by atoms with Crippen LogP contribution in [-0.2, 0) is 0 Å². The van der Waals surface area contributed by atoms with Gasteiger partial charge in [-0.05, 0) is 38.1 Å². The SMILES string of the molecule is Cc1cc(C)nc(-c2cccc(-c3ccccc3Cl)n2)n1. The molecule has 2 heterocycles. The molecule has 0 aliphatic heterocycles. The van der Waals surface area contributed by atoms with E-state index in [0.29, 0.717) is 10.8 Å². The van der Waals surface area contributed by atoms with Gasteiger partial charge in [0.05, 0.1) is 5.69 Å². The van der Waals surface area contributed by atoms with E-state index in [2.05, 4.69) is 15.0 Å². The molecule has 0 N–H and O–H groups in total. The Balaban J connectivity index is 2.10. The normalized spacial score (nSPS) is 10.6. The minimum atomic E-state index is 0.640.